The number of nitrogens with zero attached hydrogens (tertiary/aromatic N) is 3. The highest BCUT2D eigenvalue weighted by atomic mass is 19.1. The molecule has 0 saturated carbocycles. The average Bonchev–Trinajstić information content (AvgIpc) is 3.37. The van der Waals surface area contributed by atoms with Crippen molar-refractivity contribution in [2.24, 2.45) is 5.73 Å². The van der Waals surface area contributed by atoms with Crippen LogP contribution in [0.3, 0.4) is 0 Å². The third-order valence-corrected chi connectivity index (χ3v) is 9.00. The Kier molecular flexibility index (Phi) is 8.54. The molecule has 1 amide bonds. The molecular formula is C33H39F3N6O2. The topological polar surface area (TPSA) is 97.4 Å². The van der Waals surface area contributed by atoms with Gasteiger partial charge in [-0.15, -0.1) is 0 Å². The van der Waals surface area contributed by atoms with Crippen LogP contribution in [0.5, 0.6) is 0 Å². The molecule has 44 heavy (non-hydrogen) atoms. The number of amides is 1. The fraction of sp³-hybridized carbons (Fsp3) is 0.455. The fourth-order valence-electron chi connectivity index (χ4n) is 7.00. The summed E-state index contributed by atoms with van der Waals surface area (Å²) in [5.74, 6) is -1.89. The Balaban J connectivity index is 1.57. The molecule has 1 aromatic heterocycles. The van der Waals surface area contributed by atoms with Gasteiger partial charge in [-0.3, -0.25) is 9.48 Å². The number of nitrogens with one attached hydrogen (secondary N) is 2. The largest absolute Gasteiger partial charge is 0.381 e. The van der Waals surface area contributed by atoms with Crippen LogP contribution in [0.2, 0.25) is 0 Å². The molecule has 234 valence electrons. The zero-order chi connectivity index (χ0) is 31.0. The normalized spacial score (nSPS) is 26.2. The Bertz CT molecular complexity index is 1590. The number of benzene rings is 2. The monoisotopic (exact) mass is 608 g/mol. The zero-order valence-electron chi connectivity index (χ0n) is 25.0. The van der Waals surface area contributed by atoms with Crippen molar-refractivity contribution in [1.29, 1.82) is 0 Å². The standard InChI is InChI=1S/C33H39F3N6O2/c1-20-18-41(19-21(2)38-20)24-8-11-33(32(37)43,29(17-24)39-23-9-14-44-15-10-23)31-30-25(26-16-22(35)6-7-27(26)36)4-3-5-28(30)42(40-31)13-12-34/h3-8,11,16-17,20-21,23,29,38-39H,9-10,12-15,18-19H2,1-2H3,(H2,37,43). The van der Waals surface area contributed by atoms with Crippen LogP contribution >= 0.6 is 0 Å². The summed E-state index contributed by atoms with van der Waals surface area (Å²) < 4.78 is 50.6. The van der Waals surface area contributed by atoms with E-state index in [0.717, 1.165) is 49.8 Å². The van der Waals surface area contributed by atoms with Gasteiger partial charge in [0, 0.05) is 61.1 Å². The Morgan fingerprint density at radius 3 is 2.59 bits per heavy atom. The SMILES string of the molecule is CC1CN(C2=CC(NC3CCOCC3)C(C(N)=O)(c3nn(CCF)c4cccc(-c5cc(F)ccc5F)c34)C=C2)CC(C)N1. The van der Waals surface area contributed by atoms with Gasteiger partial charge in [0.1, 0.15) is 23.7 Å². The van der Waals surface area contributed by atoms with Crippen LogP contribution in [0.25, 0.3) is 22.0 Å². The Morgan fingerprint density at radius 2 is 1.89 bits per heavy atom. The molecular weight excluding hydrogens is 569 g/mol. The lowest BCUT2D eigenvalue weighted by atomic mass is 9.71. The van der Waals surface area contributed by atoms with Crippen molar-refractivity contribution in [3.05, 3.63) is 77.7 Å². The number of halogens is 3. The predicted octanol–water partition coefficient (Wildman–Crippen LogP) is 3.95. The first-order valence-corrected chi connectivity index (χ1v) is 15.3. The summed E-state index contributed by atoms with van der Waals surface area (Å²) in [6.07, 6.45) is 7.23. The van der Waals surface area contributed by atoms with E-state index in [1.165, 1.54) is 4.68 Å². The van der Waals surface area contributed by atoms with Gasteiger partial charge in [-0.1, -0.05) is 18.2 Å². The number of aromatic nitrogens is 2. The molecule has 0 spiro atoms. The van der Waals surface area contributed by atoms with Crippen molar-refractivity contribution in [3.8, 4) is 11.1 Å². The maximum Gasteiger partial charge on any atom is 0.235 e. The lowest BCUT2D eigenvalue weighted by Gasteiger charge is -2.43. The molecule has 2 saturated heterocycles. The third-order valence-electron chi connectivity index (χ3n) is 9.00. The summed E-state index contributed by atoms with van der Waals surface area (Å²) in [6, 6.07) is 8.28. The molecule has 4 atom stereocenters. The first kappa shape index (κ1) is 30.4. The summed E-state index contributed by atoms with van der Waals surface area (Å²) in [5, 5.41) is 12.5. The number of alkyl halides is 1. The Morgan fingerprint density at radius 1 is 1.14 bits per heavy atom. The van der Waals surface area contributed by atoms with Crippen LogP contribution in [-0.2, 0) is 21.5 Å². The number of rotatable bonds is 8. The highest BCUT2D eigenvalue weighted by Gasteiger charge is 2.49. The Hall–Kier alpha value is -3.67. The zero-order valence-corrected chi connectivity index (χ0v) is 25.0. The van der Waals surface area contributed by atoms with Crippen LogP contribution in [0.4, 0.5) is 13.2 Å². The van der Waals surface area contributed by atoms with Crippen molar-refractivity contribution < 1.29 is 22.7 Å². The maximum absolute atomic E-state index is 15.3. The summed E-state index contributed by atoms with van der Waals surface area (Å²) in [4.78, 5) is 16.2. The maximum atomic E-state index is 15.3. The van der Waals surface area contributed by atoms with Crippen molar-refractivity contribution in [2.45, 2.75) is 62.8 Å². The Labute approximate surface area is 255 Å². The van der Waals surface area contributed by atoms with Gasteiger partial charge in [0.25, 0.3) is 0 Å². The van der Waals surface area contributed by atoms with Gasteiger partial charge < -0.3 is 26.0 Å². The van der Waals surface area contributed by atoms with E-state index in [4.69, 9.17) is 15.6 Å². The molecule has 3 heterocycles. The molecule has 2 aromatic carbocycles. The number of aryl methyl sites for hydroxylation is 1. The van der Waals surface area contributed by atoms with E-state index in [0.29, 0.717) is 29.7 Å². The number of ether oxygens (including phenoxy) is 1. The molecule has 0 bridgehead atoms. The molecule has 8 nitrogen and oxygen atoms in total. The quantitative estimate of drug-likeness (QED) is 0.359. The summed E-state index contributed by atoms with van der Waals surface area (Å²) >= 11 is 0. The summed E-state index contributed by atoms with van der Waals surface area (Å²) in [5.41, 5.74) is 6.91. The van der Waals surface area contributed by atoms with E-state index in [1.54, 1.807) is 24.3 Å². The molecule has 11 heteroatoms. The molecule has 2 aliphatic heterocycles. The number of carbonyl (C=O) groups excluding carboxylic acids is 1. The molecule has 6 rings (SSSR count). The third kappa shape index (κ3) is 5.52. The number of carbonyl (C=O) groups is 1. The second kappa shape index (κ2) is 12.4. The minimum absolute atomic E-state index is 0.0185. The van der Waals surface area contributed by atoms with E-state index >= 15 is 4.39 Å². The van der Waals surface area contributed by atoms with Gasteiger partial charge in [0.2, 0.25) is 5.91 Å². The molecule has 2 fully saturated rings. The second-order valence-electron chi connectivity index (χ2n) is 12.1. The lowest BCUT2D eigenvalue weighted by Crippen LogP contribution is -2.59. The van der Waals surface area contributed by atoms with Crippen molar-refractivity contribution >= 4 is 16.8 Å². The van der Waals surface area contributed by atoms with Crippen molar-refractivity contribution in [2.75, 3.05) is 33.0 Å². The van der Waals surface area contributed by atoms with Crippen molar-refractivity contribution in [1.82, 2.24) is 25.3 Å². The van der Waals surface area contributed by atoms with E-state index < -0.39 is 35.7 Å². The number of hydrogen-bond donors (Lipinski definition) is 3. The van der Waals surface area contributed by atoms with Crippen LogP contribution < -0.4 is 16.4 Å². The number of hydrogen-bond acceptors (Lipinski definition) is 6. The molecule has 4 N–H and O–H groups in total. The van der Waals surface area contributed by atoms with Crippen LogP contribution in [0.1, 0.15) is 32.4 Å². The predicted molar refractivity (Wildman–Crippen MR) is 164 cm³/mol. The van der Waals surface area contributed by atoms with Gasteiger partial charge in [-0.2, -0.15) is 5.10 Å². The van der Waals surface area contributed by atoms with Crippen molar-refractivity contribution in [3.63, 3.8) is 0 Å². The second-order valence-corrected chi connectivity index (χ2v) is 12.1. The minimum Gasteiger partial charge on any atom is -0.381 e. The number of primary amides is 1. The van der Waals surface area contributed by atoms with Crippen LogP contribution in [-0.4, -0.2) is 77.7 Å². The van der Waals surface area contributed by atoms with Crippen LogP contribution in [0, 0.1) is 11.6 Å². The highest BCUT2D eigenvalue weighted by Crippen LogP contribution is 2.43. The van der Waals surface area contributed by atoms with Crippen LogP contribution in [0.15, 0.2) is 60.3 Å². The highest BCUT2D eigenvalue weighted by molar-refractivity contribution is 6.03. The van der Waals surface area contributed by atoms with E-state index in [-0.39, 0.29) is 35.9 Å². The van der Waals surface area contributed by atoms with Gasteiger partial charge in [0.15, 0.2) is 0 Å². The molecule has 1 aliphatic carbocycles. The lowest BCUT2D eigenvalue weighted by molar-refractivity contribution is -0.122. The van der Waals surface area contributed by atoms with Gasteiger partial charge in [0.05, 0.1) is 23.8 Å². The van der Waals surface area contributed by atoms with Gasteiger partial charge in [-0.25, -0.2) is 13.2 Å². The molecule has 3 aliphatic rings. The summed E-state index contributed by atoms with van der Waals surface area (Å²) in [7, 11) is 0. The number of allylic oxidation sites excluding steroid dienone is 1. The summed E-state index contributed by atoms with van der Waals surface area (Å²) in [6.45, 7) is 6.22. The smallest absolute Gasteiger partial charge is 0.235 e. The number of fused-ring (bicyclic) bond motifs is 1. The number of piperazine rings is 1. The average molecular weight is 609 g/mol. The molecule has 4 unspecified atom stereocenters. The first-order chi connectivity index (χ1) is 21.2. The van der Waals surface area contributed by atoms with Gasteiger partial charge in [-0.05, 0) is 68.7 Å². The first-order valence-electron chi connectivity index (χ1n) is 15.3. The van der Waals surface area contributed by atoms with Gasteiger partial charge >= 0.3 is 0 Å². The number of nitrogens with two attached hydrogens (primary N) is 1. The van der Waals surface area contributed by atoms with E-state index in [1.807, 2.05) is 12.2 Å². The van der Waals surface area contributed by atoms with E-state index in [2.05, 4.69) is 29.4 Å². The fourth-order valence-corrected chi connectivity index (χ4v) is 7.00. The molecule has 0 radical (unpaired) electrons. The van der Waals surface area contributed by atoms with E-state index in [9.17, 15) is 13.6 Å². The minimum atomic E-state index is -1.52. The molecule has 3 aromatic rings.